The van der Waals surface area contributed by atoms with Crippen LogP contribution in [0.15, 0.2) is 53.4 Å². The van der Waals surface area contributed by atoms with E-state index in [-0.39, 0.29) is 16.8 Å². The number of sulfonamides is 1. The fraction of sp³-hybridized carbons (Fsp3) is 0.381. The first-order chi connectivity index (χ1) is 13.4. The SMILES string of the molecule is CCCCN(C)c1ccc(C(=O)Nc2cccc(S(=O)(=O)NC3CC3)c2)cc1. The quantitative estimate of drug-likeness (QED) is 0.673. The van der Waals surface area contributed by atoms with Crippen molar-refractivity contribution in [2.24, 2.45) is 0 Å². The predicted molar refractivity (Wildman–Crippen MR) is 112 cm³/mol. The van der Waals surface area contributed by atoms with Gasteiger partial charge in [0.15, 0.2) is 0 Å². The van der Waals surface area contributed by atoms with E-state index in [1.807, 2.05) is 19.2 Å². The average Bonchev–Trinajstić information content (AvgIpc) is 3.49. The van der Waals surface area contributed by atoms with Gasteiger partial charge in [0.2, 0.25) is 10.0 Å². The molecule has 2 aromatic carbocycles. The molecule has 0 bridgehead atoms. The number of nitrogens with one attached hydrogen (secondary N) is 2. The molecule has 1 saturated carbocycles. The van der Waals surface area contributed by atoms with Crippen LogP contribution < -0.4 is 14.9 Å². The molecule has 0 radical (unpaired) electrons. The predicted octanol–water partition coefficient (Wildman–Crippen LogP) is 3.62. The summed E-state index contributed by atoms with van der Waals surface area (Å²) in [6.45, 7) is 3.13. The minimum absolute atomic E-state index is 0.0391. The van der Waals surface area contributed by atoms with Crippen LogP contribution in [0.25, 0.3) is 0 Å². The standard InChI is InChI=1S/C21H27N3O3S/c1-3-4-14-24(2)19-12-8-16(9-13-19)21(25)22-18-6-5-7-20(15-18)28(26,27)23-17-10-11-17/h5-9,12-13,15,17,23H,3-4,10-11,14H2,1-2H3,(H,22,25). The summed E-state index contributed by atoms with van der Waals surface area (Å²) in [7, 11) is -1.52. The average molecular weight is 402 g/mol. The largest absolute Gasteiger partial charge is 0.375 e. The van der Waals surface area contributed by atoms with Gasteiger partial charge in [-0.25, -0.2) is 13.1 Å². The van der Waals surface area contributed by atoms with Gasteiger partial charge in [-0.15, -0.1) is 0 Å². The second-order valence-corrected chi connectivity index (χ2v) is 8.91. The van der Waals surface area contributed by atoms with E-state index in [2.05, 4.69) is 21.9 Å². The molecule has 3 rings (SSSR count). The molecular formula is C21H27N3O3S. The molecule has 150 valence electrons. The zero-order chi connectivity index (χ0) is 20.1. The number of rotatable bonds is 9. The van der Waals surface area contributed by atoms with Crippen molar-refractivity contribution in [2.45, 2.75) is 43.5 Å². The molecule has 0 aliphatic heterocycles. The summed E-state index contributed by atoms with van der Waals surface area (Å²) in [5.74, 6) is -0.271. The lowest BCUT2D eigenvalue weighted by molar-refractivity contribution is 0.102. The van der Waals surface area contributed by atoms with Crippen LogP contribution in [0.5, 0.6) is 0 Å². The van der Waals surface area contributed by atoms with Crippen molar-refractivity contribution in [2.75, 3.05) is 23.8 Å². The first-order valence-corrected chi connectivity index (χ1v) is 11.1. The minimum atomic E-state index is -3.55. The Kier molecular flexibility index (Phi) is 6.36. The van der Waals surface area contributed by atoms with Crippen LogP contribution in [0, 0.1) is 0 Å². The van der Waals surface area contributed by atoms with Crippen molar-refractivity contribution in [3.05, 3.63) is 54.1 Å². The van der Waals surface area contributed by atoms with Crippen LogP contribution in [-0.4, -0.2) is 34.0 Å². The van der Waals surface area contributed by atoms with Crippen LogP contribution in [-0.2, 0) is 10.0 Å². The van der Waals surface area contributed by atoms with Gasteiger partial charge in [-0.3, -0.25) is 4.79 Å². The summed E-state index contributed by atoms with van der Waals surface area (Å²) >= 11 is 0. The lowest BCUT2D eigenvalue weighted by Gasteiger charge is -2.19. The number of hydrogen-bond donors (Lipinski definition) is 2. The van der Waals surface area contributed by atoms with Gasteiger partial charge >= 0.3 is 0 Å². The Morgan fingerprint density at radius 3 is 2.50 bits per heavy atom. The fourth-order valence-corrected chi connectivity index (χ4v) is 4.18. The maximum atomic E-state index is 12.5. The normalized spacial score (nSPS) is 13.9. The van der Waals surface area contributed by atoms with E-state index in [1.54, 1.807) is 24.3 Å². The highest BCUT2D eigenvalue weighted by atomic mass is 32.2. The van der Waals surface area contributed by atoms with Gasteiger partial charge < -0.3 is 10.2 Å². The monoisotopic (exact) mass is 401 g/mol. The van der Waals surface area contributed by atoms with Crippen LogP contribution in [0.2, 0.25) is 0 Å². The number of benzene rings is 2. The maximum absolute atomic E-state index is 12.5. The van der Waals surface area contributed by atoms with Crippen molar-refractivity contribution >= 4 is 27.3 Å². The zero-order valence-electron chi connectivity index (χ0n) is 16.3. The van der Waals surface area contributed by atoms with E-state index in [9.17, 15) is 13.2 Å². The van der Waals surface area contributed by atoms with Gasteiger partial charge in [0.05, 0.1) is 4.90 Å². The van der Waals surface area contributed by atoms with E-state index in [4.69, 9.17) is 0 Å². The molecule has 0 saturated heterocycles. The first-order valence-electron chi connectivity index (χ1n) is 9.64. The topological polar surface area (TPSA) is 78.5 Å². The molecule has 0 unspecified atom stereocenters. The number of amides is 1. The van der Waals surface area contributed by atoms with Crippen molar-refractivity contribution in [1.82, 2.24) is 4.72 Å². The molecule has 1 fully saturated rings. The van der Waals surface area contributed by atoms with Crippen LogP contribution in [0.1, 0.15) is 43.0 Å². The molecule has 0 heterocycles. The van der Waals surface area contributed by atoms with Crippen molar-refractivity contribution in [1.29, 1.82) is 0 Å². The Hall–Kier alpha value is -2.38. The third-order valence-electron chi connectivity index (χ3n) is 4.72. The molecular weight excluding hydrogens is 374 g/mol. The number of hydrogen-bond acceptors (Lipinski definition) is 4. The van der Waals surface area contributed by atoms with E-state index < -0.39 is 10.0 Å². The lowest BCUT2D eigenvalue weighted by Crippen LogP contribution is -2.25. The number of carbonyl (C=O) groups is 1. The number of nitrogens with zero attached hydrogens (tertiary/aromatic N) is 1. The van der Waals surface area contributed by atoms with Crippen LogP contribution in [0.3, 0.4) is 0 Å². The minimum Gasteiger partial charge on any atom is -0.375 e. The van der Waals surface area contributed by atoms with Gasteiger partial charge in [0.25, 0.3) is 5.91 Å². The fourth-order valence-electron chi connectivity index (χ4n) is 2.82. The van der Waals surface area contributed by atoms with E-state index in [1.165, 1.54) is 12.1 Å². The second-order valence-electron chi connectivity index (χ2n) is 7.20. The number of carbonyl (C=O) groups excluding carboxylic acids is 1. The smallest absolute Gasteiger partial charge is 0.255 e. The van der Waals surface area contributed by atoms with Crippen LogP contribution >= 0.6 is 0 Å². The van der Waals surface area contributed by atoms with Gasteiger partial charge in [-0.05, 0) is 61.7 Å². The van der Waals surface area contributed by atoms with E-state index in [0.717, 1.165) is 37.9 Å². The lowest BCUT2D eigenvalue weighted by atomic mass is 10.1. The van der Waals surface area contributed by atoms with Gasteiger partial charge in [-0.1, -0.05) is 19.4 Å². The summed E-state index contributed by atoms with van der Waals surface area (Å²) < 4.78 is 27.3. The third kappa shape index (κ3) is 5.33. The zero-order valence-corrected chi connectivity index (χ0v) is 17.1. The van der Waals surface area contributed by atoms with Crippen LogP contribution in [0.4, 0.5) is 11.4 Å². The Balaban J connectivity index is 1.66. The van der Waals surface area contributed by atoms with Crippen molar-refractivity contribution in [3.8, 4) is 0 Å². The third-order valence-corrected chi connectivity index (χ3v) is 6.24. The van der Waals surface area contributed by atoms with Gasteiger partial charge in [0.1, 0.15) is 0 Å². The van der Waals surface area contributed by atoms with Gasteiger partial charge in [-0.2, -0.15) is 0 Å². The second kappa shape index (κ2) is 8.75. The van der Waals surface area contributed by atoms with E-state index >= 15 is 0 Å². The molecule has 2 aromatic rings. The molecule has 1 amide bonds. The summed E-state index contributed by atoms with van der Waals surface area (Å²) in [6.07, 6.45) is 4.00. The Bertz CT molecular complexity index is 922. The highest BCUT2D eigenvalue weighted by molar-refractivity contribution is 7.89. The molecule has 1 aliphatic carbocycles. The molecule has 0 spiro atoms. The summed E-state index contributed by atoms with van der Waals surface area (Å²) in [4.78, 5) is 14.8. The van der Waals surface area contributed by atoms with Gasteiger partial charge in [0, 0.05) is 36.6 Å². The Morgan fingerprint density at radius 1 is 1.14 bits per heavy atom. The molecule has 28 heavy (non-hydrogen) atoms. The van der Waals surface area contributed by atoms with E-state index in [0.29, 0.717) is 11.3 Å². The Labute approximate surface area is 167 Å². The molecule has 6 nitrogen and oxygen atoms in total. The first kappa shape index (κ1) is 20.4. The molecule has 0 aromatic heterocycles. The molecule has 0 atom stereocenters. The Morgan fingerprint density at radius 2 is 1.86 bits per heavy atom. The molecule has 1 aliphatic rings. The highest BCUT2D eigenvalue weighted by Gasteiger charge is 2.28. The van der Waals surface area contributed by atoms with Crippen molar-refractivity contribution < 1.29 is 13.2 Å². The summed E-state index contributed by atoms with van der Waals surface area (Å²) in [5, 5.41) is 2.78. The summed E-state index contributed by atoms with van der Waals surface area (Å²) in [6, 6.07) is 13.8. The maximum Gasteiger partial charge on any atom is 0.255 e. The van der Waals surface area contributed by atoms with Crippen molar-refractivity contribution in [3.63, 3.8) is 0 Å². The number of anilines is 2. The molecule has 7 heteroatoms. The highest BCUT2D eigenvalue weighted by Crippen LogP contribution is 2.23. The molecule has 2 N–H and O–H groups in total. The number of unbranched alkanes of at least 4 members (excludes halogenated alkanes) is 1. The summed E-state index contributed by atoms with van der Waals surface area (Å²) in [5.41, 5.74) is 2.04.